The van der Waals surface area contributed by atoms with Crippen LogP contribution in [0, 0.1) is 20.8 Å². The van der Waals surface area contributed by atoms with Gasteiger partial charge in [0, 0.05) is 13.1 Å². The molecule has 0 amide bonds. The normalized spacial score (nSPS) is 14.5. The number of ether oxygens (including phenoxy) is 1. The molecule has 0 saturated carbocycles. The fourth-order valence-electron chi connectivity index (χ4n) is 5.29. The Balaban J connectivity index is 1.48. The lowest BCUT2D eigenvalue weighted by atomic mass is 9.91. The molecule has 0 unspecified atom stereocenters. The maximum absolute atomic E-state index is 6.71. The van der Waals surface area contributed by atoms with Crippen LogP contribution < -0.4 is 4.74 Å². The van der Waals surface area contributed by atoms with E-state index in [1.54, 1.807) is 0 Å². The van der Waals surface area contributed by atoms with Gasteiger partial charge in [-0.05, 0) is 124 Å². The van der Waals surface area contributed by atoms with Crippen LogP contribution in [0.15, 0.2) is 54.6 Å². The van der Waals surface area contributed by atoms with E-state index in [2.05, 4.69) is 105 Å². The molecule has 1 aliphatic heterocycles. The SMILES string of the molecule is Cc1cc(OCc2cccc(-c3cccc(/C=C/CCN(C)C)c3C)c2C)c(Cl)cc1CN1CCCCC1. The summed E-state index contributed by atoms with van der Waals surface area (Å²) >= 11 is 6.71. The molecule has 0 spiro atoms. The van der Waals surface area contributed by atoms with Crippen molar-refractivity contribution in [3.8, 4) is 16.9 Å². The molecule has 3 aromatic carbocycles. The van der Waals surface area contributed by atoms with Gasteiger partial charge in [0.25, 0.3) is 0 Å². The van der Waals surface area contributed by atoms with Gasteiger partial charge in [0.1, 0.15) is 12.4 Å². The summed E-state index contributed by atoms with van der Waals surface area (Å²) in [7, 11) is 4.22. The zero-order valence-electron chi connectivity index (χ0n) is 23.8. The third-order valence-electron chi connectivity index (χ3n) is 7.77. The van der Waals surface area contributed by atoms with Crippen LogP contribution in [-0.4, -0.2) is 43.5 Å². The summed E-state index contributed by atoms with van der Waals surface area (Å²) in [4.78, 5) is 4.75. The highest BCUT2D eigenvalue weighted by atomic mass is 35.5. The van der Waals surface area contributed by atoms with E-state index >= 15 is 0 Å². The van der Waals surface area contributed by atoms with Crippen molar-refractivity contribution in [2.45, 2.75) is 59.6 Å². The van der Waals surface area contributed by atoms with Gasteiger partial charge in [-0.2, -0.15) is 0 Å². The van der Waals surface area contributed by atoms with Gasteiger partial charge in [0.2, 0.25) is 0 Å². The minimum atomic E-state index is 0.494. The second kappa shape index (κ2) is 13.5. The molecule has 0 bridgehead atoms. The Morgan fingerprint density at radius 1 is 0.895 bits per heavy atom. The van der Waals surface area contributed by atoms with Gasteiger partial charge in [0.15, 0.2) is 0 Å². The Bertz CT molecular complexity index is 1260. The molecular weight excluding hydrogens is 488 g/mol. The molecule has 1 heterocycles. The van der Waals surface area contributed by atoms with Gasteiger partial charge in [0.05, 0.1) is 5.02 Å². The molecule has 202 valence electrons. The first-order valence-electron chi connectivity index (χ1n) is 14.0. The molecule has 3 nitrogen and oxygen atoms in total. The summed E-state index contributed by atoms with van der Waals surface area (Å²) in [6, 6.07) is 17.3. The van der Waals surface area contributed by atoms with Crippen molar-refractivity contribution >= 4 is 17.7 Å². The highest BCUT2D eigenvalue weighted by molar-refractivity contribution is 6.32. The third kappa shape index (κ3) is 7.28. The van der Waals surface area contributed by atoms with Gasteiger partial charge in [-0.25, -0.2) is 0 Å². The first kappa shape index (κ1) is 28.4. The van der Waals surface area contributed by atoms with Crippen molar-refractivity contribution in [1.82, 2.24) is 9.80 Å². The van der Waals surface area contributed by atoms with Crippen molar-refractivity contribution < 1.29 is 4.74 Å². The Morgan fingerprint density at radius 2 is 1.61 bits per heavy atom. The predicted octanol–water partition coefficient (Wildman–Crippen LogP) is 8.46. The van der Waals surface area contributed by atoms with Crippen molar-refractivity contribution in [3.63, 3.8) is 0 Å². The maximum atomic E-state index is 6.71. The molecule has 1 aliphatic rings. The van der Waals surface area contributed by atoms with Crippen LogP contribution >= 0.6 is 11.6 Å². The predicted molar refractivity (Wildman–Crippen MR) is 163 cm³/mol. The number of halogens is 1. The summed E-state index contributed by atoms with van der Waals surface area (Å²) in [5.41, 5.74) is 10.1. The van der Waals surface area contributed by atoms with E-state index in [-0.39, 0.29) is 0 Å². The summed E-state index contributed by atoms with van der Waals surface area (Å²) in [6.07, 6.45) is 9.51. The van der Waals surface area contributed by atoms with Crippen molar-refractivity contribution in [1.29, 1.82) is 0 Å². The van der Waals surface area contributed by atoms with Crippen LogP contribution in [0.3, 0.4) is 0 Å². The Kier molecular flexibility index (Phi) is 10.1. The molecule has 4 rings (SSSR count). The molecule has 0 atom stereocenters. The first-order valence-corrected chi connectivity index (χ1v) is 14.3. The minimum absolute atomic E-state index is 0.494. The number of likely N-dealkylation sites (tertiary alicyclic amines) is 1. The molecule has 0 radical (unpaired) electrons. The van der Waals surface area contributed by atoms with Gasteiger partial charge >= 0.3 is 0 Å². The highest BCUT2D eigenvalue weighted by Gasteiger charge is 2.15. The van der Waals surface area contributed by atoms with Crippen LogP contribution in [-0.2, 0) is 13.2 Å². The maximum Gasteiger partial charge on any atom is 0.138 e. The van der Waals surface area contributed by atoms with Gasteiger partial charge in [-0.3, -0.25) is 4.90 Å². The molecule has 0 aliphatic carbocycles. The molecule has 0 aromatic heterocycles. The van der Waals surface area contributed by atoms with Crippen LogP contribution in [0.2, 0.25) is 5.02 Å². The van der Waals surface area contributed by atoms with Gasteiger partial charge in [-0.15, -0.1) is 0 Å². The lowest BCUT2D eigenvalue weighted by Crippen LogP contribution is -2.29. The molecule has 4 heteroatoms. The van der Waals surface area contributed by atoms with Crippen LogP contribution in [0.4, 0.5) is 0 Å². The Hall–Kier alpha value is -2.59. The van der Waals surface area contributed by atoms with E-state index in [1.807, 2.05) is 0 Å². The second-order valence-corrected chi connectivity index (χ2v) is 11.3. The minimum Gasteiger partial charge on any atom is -0.487 e. The van der Waals surface area contributed by atoms with E-state index < -0.39 is 0 Å². The molecular formula is C34H43ClN2O. The van der Waals surface area contributed by atoms with E-state index in [0.29, 0.717) is 11.6 Å². The first-order chi connectivity index (χ1) is 18.3. The van der Waals surface area contributed by atoms with E-state index in [1.165, 1.54) is 76.9 Å². The lowest BCUT2D eigenvalue weighted by molar-refractivity contribution is 0.220. The van der Waals surface area contributed by atoms with Crippen LogP contribution in [0.1, 0.15) is 59.1 Å². The smallest absolute Gasteiger partial charge is 0.138 e. The number of aryl methyl sites for hydroxylation is 1. The number of nitrogens with zero attached hydrogens (tertiary/aromatic N) is 2. The van der Waals surface area contributed by atoms with Crippen molar-refractivity contribution in [3.05, 3.63) is 93.0 Å². The number of hydrogen-bond donors (Lipinski definition) is 0. The van der Waals surface area contributed by atoms with Crippen LogP contribution in [0.5, 0.6) is 5.75 Å². The molecule has 1 fully saturated rings. The lowest BCUT2D eigenvalue weighted by Gasteiger charge is -2.27. The zero-order valence-corrected chi connectivity index (χ0v) is 24.6. The molecule has 3 aromatic rings. The largest absolute Gasteiger partial charge is 0.487 e. The zero-order chi connectivity index (χ0) is 27.1. The Morgan fingerprint density at radius 3 is 2.34 bits per heavy atom. The number of benzene rings is 3. The summed E-state index contributed by atoms with van der Waals surface area (Å²) in [5.74, 6) is 0.761. The van der Waals surface area contributed by atoms with Crippen LogP contribution in [0.25, 0.3) is 17.2 Å². The topological polar surface area (TPSA) is 15.7 Å². The fourth-order valence-corrected chi connectivity index (χ4v) is 5.53. The highest BCUT2D eigenvalue weighted by Crippen LogP contribution is 2.33. The second-order valence-electron chi connectivity index (χ2n) is 10.9. The third-order valence-corrected chi connectivity index (χ3v) is 8.06. The number of piperidine rings is 1. The number of rotatable bonds is 10. The van der Waals surface area contributed by atoms with Gasteiger partial charge in [-0.1, -0.05) is 66.6 Å². The van der Waals surface area contributed by atoms with E-state index in [0.717, 1.165) is 25.3 Å². The molecule has 1 saturated heterocycles. The summed E-state index contributed by atoms with van der Waals surface area (Å²) < 4.78 is 6.30. The fraction of sp³-hybridized carbons (Fsp3) is 0.412. The average Bonchev–Trinajstić information content (AvgIpc) is 2.90. The Labute approximate surface area is 235 Å². The quantitative estimate of drug-likeness (QED) is 0.261. The molecule has 0 N–H and O–H groups in total. The van der Waals surface area contributed by atoms with Gasteiger partial charge < -0.3 is 9.64 Å². The number of hydrogen-bond acceptors (Lipinski definition) is 3. The standard InChI is InChI=1S/C34H43ClN2O/c1-25-21-34(33(35)22-30(25)23-37-19-8-6-9-20-37)38-24-29-15-12-17-32(27(29)3)31-16-11-14-28(26(31)2)13-7-10-18-36(4)5/h7,11-17,21-22H,6,8-10,18-20,23-24H2,1-5H3/b13-7+. The average molecular weight is 531 g/mol. The summed E-state index contributed by atoms with van der Waals surface area (Å²) in [6.45, 7) is 11.5. The van der Waals surface area contributed by atoms with Crippen molar-refractivity contribution in [2.24, 2.45) is 0 Å². The van der Waals surface area contributed by atoms with Crippen molar-refractivity contribution in [2.75, 3.05) is 33.7 Å². The monoisotopic (exact) mass is 530 g/mol. The van der Waals surface area contributed by atoms with E-state index in [4.69, 9.17) is 16.3 Å². The molecule has 38 heavy (non-hydrogen) atoms. The summed E-state index contributed by atoms with van der Waals surface area (Å²) in [5, 5.41) is 0.695. The van der Waals surface area contributed by atoms with E-state index in [9.17, 15) is 0 Å².